The fraction of sp³-hybridized carbons (Fsp3) is 0. The van der Waals surface area contributed by atoms with Gasteiger partial charge in [0.1, 0.15) is 0 Å². The van der Waals surface area contributed by atoms with E-state index >= 15 is 0 Å². The topological polar surface area (TPSA) is 91.5 Å². The van der Waals surface area contributed by atoms with Gasteiger partial charge in [0.25, 0.3) is 0 Å². The molecule has 0 saturated heterocycles. The molecule has 0 aliphatic rings. The van der Waals surface area contributed by atoms with E-state index in [4.69, 9.17) is 0 Å². The van der Waals surface area contributed by atoms with Crippen molar-refractivity contribution in [1.29, 1.82) is 0 Å². The van der Waals surface area contributed by atoms with Gasteiger partial charge in [-0.15, -0.1) is 0 Å². The first-order chi connectivity index (χ1) is 0. The molecule has 0 bridgehead atoms. The van der Waals surface area contributed by atoms with Crippen LogP contribution in [0.4, 0.5) is 0 Å². The predicted molar refractivity (Wildman–Crippen MR) is 7.49 cm³/mol. The molecule has 0 saturated carbocycles. The van der Waals surface area contributed by atoms with Crippen molar-refractivity contribution in [1.82, 2.24) is 0 Å². The Kier molecular flexibility index (Phi) is 253. The molecule has 28 valence electrons. The summed E-state index contributed by atoms with van der Waals surface area (Å²) in [5.41, 5.74) is 0. The second kappa shape index (κ2) is 33.2. The fourth-order valence-corrected chi connectivity index (χ4v) is 0. The molecule has 0 aliphatic carbocycles. The zero-order valence-corrected chi connectivity index (χ0v) is 18.0. The van der Waals surface area contributed by atoms with Crippen LogP contribution in [0.3, 0.4) is 0 Å². The van der Waals surface area contributed by atoms with Gasteiger partial charge in [-0.1, -0.05) is 0 Å². The largest absolute Gasteiger partial charge is 1.00 e. The first-order valence-electron chi connectivity index (χ1n) is 0. The molecule has 0 aromatic carbocycles. The minimum absolute atomic E-state index is 0. The normalized spacial score (nSPS) is 0. The van der Waals surface area contributed by atoms with E-state index in [0.29, 0.717) is 0 Å². The maximum atomic E-state index is 0. The van der Waals surface area contributed by atoms with Crippen molar-refractivity contribution in [2.75, 3.05) is 0 Å². The molecule has 0 aromatic rings. The quantitative estimate of drug-likeness (QED) is 0.399. The van der Waals surface area contributed by atoms with E-state index in [2.05, 4.69) is 0 Å². The molecule has 0 aliphatic heterocycles. The molecule has 0 atom stereocenters. The molecule has 0 aromatic heterocycles. The first kappa shape index (κ1) is 45.6. The van der Waals surface area contributed by atoms with Gasteiger partial charge in [0.15, 0.2) is 0 Å². The average molecular weight is 366 g/mol. The summed E-state index contributed by atoms with van der Waals surface area (Å²) in [6, 6.07) is 0. The summed E-state index contributed by atoms with van der Waals surface area (Å²) in [5.74, 6) is 0. The van der Waals surface area contributed by atoms with Gasteiger partial charge >= 0.3 is 138 Å². The second-order valence-electron chi connectivity index (χ2n) is 0. The number of hydrogen-bond acceptors (Lipinski definition) is 2. The SMILES string of the molecule is O.[Cs+].[Cs+].[OH-].[OH-].[Ti]. The van der Waals surface area contributed by atoms with Crippen LogP contribution in [0.2, 0.25) is 0 Å². The van der Waals surface area contributed by atoms with Crippen molar-refractivity contribution in [3.63, 3.8) is 0 Å². The van der Waals surface area contributed by atoms with E-state index < -0.39 is 0 Å². The van der Waals surface area contributed by atoms with Crippen molar-refractivity contribution in [2.24, 2.45) is 0 Å². The average Bonchev–Trinajstić information content (AvgIpc) is 0. The van der Waals surface area contributed by atoms with Gasteiger partial charge in [0.2, 0.25) is 0 Å². The molecule has 3 nitrogen and oxygen atoms in total. The van der Waals surface area contributed by atoms with Gasteiger partial charge in [0.05, 0.1) is 0 Å². The molecule has 0 spiro atoms. The predicted octanol–water partition coefficient (Wildman–Crippen LogP) is -7.17. The minimum Gasteiger partial charge on any atom is -0.870 e. The molecule has 0 radical (unpaired) electrons. The summed E-state index contributed by atoms with van der Waals surface area (Å²) in [6.07, 6.45) is 0. The monoisotopic (exact) mass is 366 g/mol. The Hall–Kier alpha value is 4.70. The van der Waals surface area contributed by atoms with Gasteiger partial charge < -0.3 is 16.4 Å². The third-order valence-corrected chi connectivity index (χ3v) is 0. The Balaban J connectivity index is 0. The summed E-state index contributed by atoms with van der Waals surface area (Å²) in [5, 5.41) is 0. The molecule has 0 amide bonds. The zero-order valence-electron chi connectivity index (χ0n) is 3.89. The molecule has 0 rings (SSSR count). The summed E-state index contributed by atoms with van der Waals surface area (Å²) in [4.78, 5) is 0. The molecule has 0 unspecified atom stereocenters. The third kappa shape index (κ3) is 23.4. The Morgan fingerprint density at radius 3 is 0.667 bits per heavy atom. The van der Waals surface area contributed by atoms with Gasteiger partial charge in [0, 0.05) is 21.7 Å². The standard InChI is InChI=1S/2Cs.3H2O.Ti/h;;3*1H2;/q2*+1;;;;/p-2. The summed E-state index contributed by atoms with van der Waals surface area (Å²) < 4.78 is 0. The smallest absolute Gasteiger partial charge is 0.870 e. The van der Waals surface area contributed by atoms with E-state index in [1.54, 1.807) is 0 Å². The van der Waals surface area contributed by atoms with E-state index in [0.717, 1.165) is 0 Å². The van der Waals surface area contributed by atoms with Crippen LogP contribution in [-0.4, -0.2) is 16.4 Å². The Morgan fingerprint density at radius 2 is 0.667 bits per heavy atom. The Bertz CT molecular complexity index is 8.75. The molecule has 0 fully saturated rings. The molecule has 6 heavy (non-hydrogen) atoms. The first-order valence-corrected chi connectivity index (χ1v) is 0. The van der Waals surface area contributed by atoms with E-state index in [9.17, 15) is 0 Å². The Labute approximate surface area is 169 Å². The van der Waals surface area contributed by atoms with Crippen molar-refractivity contribution in [3.8, 4) is 0 Å². The van der Waals surface area contributed by atoms with Gasteiger partial charge in [-0.2, -0.15) is 0 Å². The van der Waals surface area contributed by atoms with Crippen molar-refractivity contribution < 1.29 is 176 Å². The summed E-state index contributed by atoms with van der Waals surface area (Å²) >= 11 is 0. The van der Waals surface area contributed by atoms with Crippen molar-refractivity contribution in [3.05, 3.63) is 0 Å². The molecule has 4 N–H and O–H groups in total. The maximum Gasteiger partial charge on any atom is 1.00 e. The summed E-state index contributed by atoms with van der Waals surface area (Å²) in [7, 11) is 0. The zero-order chi connectivity index (χ0) is 0. The number of rotatable bonds is 0. The van der Waals surface area contributed by atoms with E-state index in [1.807, 2.05) is 0 Å². The van der Waals surface area contributed by atoms with Gasteiger partial charge in [-0.3, -0.25) is 0 Å². The van der Waals surface area contributed by atoms with E-state index in [1.165, 1.54) is 0 Å². The van der Waals surface area contributed by atoms with E-state index in [-0.39, 0.29) is 176 Å². The van der Waals surface area contributed by atoms with Crippen LogP contribution in [0.5, 0.6) is 0 Å². The van der Waals surface area contributed by atoms with Gasteiger partial charge in [-0.25, -0.2) is 0 Å². The number of hydrogen-bond donors (Lipinski definition) is 0. The second-order valence-corrected chi connectivity index (χ2v) is 0. The summed E-state index contributed by atoms with van der Waals surface area (Å²) in [6.45, 7) is 0. The molecular weight excluding hydrogens is 362 g/mol. The van der Waals surface area contributed by atoms with Crippen molar-refractivity contribution >= 4 is 0 Å². The van der Waals surface area contributed by atoms with Gasteiger partial charge in [-0.05, 0) is 0 Å². The molecule has 0 heterocycles. The van der Waals surface area contributed by atoms with Crippen LogP contribution < -0.4 is 138 Å². The minimum atomic E-state index is 0. The molecular formula is H4Cs2O3Ti. The van der Waals surface area contributed by atoms with Crippen LogP contribution in [0.15, 0.2) is 0 Å². The van der Waals surface area contributed by atoms with Crippen LogP contribution in [0, 0.1) is 0 Å². The fourth-order valence-electron chi connectivity index (χ4n) is 0. The van der Waals surface area contributed by atoms with Crippen LogP contribution >= 0.6 is 0 Å². The Morgan fingerprint density at radius 1 is 0.667 bits per heavy atom. The maximum absolute atomic E-state index is 0. The third-order valence-electron chi connectivity index (χ3n) is 0. The molecule has 6 heteroatoms. The van der Waals surface area contributed by atoms with Crippen LogP contribution in [0.1, 0.15) is 0 Å². The van der Waals surface area contributed by atoms with Crippen molar-refractivity contribution in [2.45, 2.75) is 0 Å². The van der Waals surface area contributed by atoms with Crippen LogP contribution in [0.25, 0.3) is 0 Å². The van der Waals surface area contributed by atoms with Crippen LogP contribution in [-0.2, 0) is 21.7 Å².